The van der Waals surface area contributed by atoms with E-state index in [1.165, 1.54) is 23.3 Å². The molecule has 0 spiro atoms. The predicted octanol–water partition coefficient (Wildman–Crippen LogP) is 2.46. The van der Waals surface area contributed by atoms with Gasteiger partial charge >= 0.3 is 0 Å². The Morgan fingerprint density at radius 2 is 2.29 bits per heavy atom. The first-order valence-electron chi connectivity index (χ1n) is 6.96. The number of nitrogen functional groups attached to an aromatic ring is 1. The zero-order chi connectivity index (χ0) is 14.7. The molecule has 0 aromatic carbocycles. The number of thiophene rings is 1. The molecule has 0 amide bonds. The molecule has 2 heterocycles. The summed E-state index contributed by atoms with van der Waals surface area (Å²) in [4.78, 5) is 10.2. The number of rotatable bonds is 5. The third-order valence-corrected chi connectivity index (χ3v) is 4.56. The Bertz CT molecular complexity index is 615. The van der Waals surface area contributed by atoms with Crippen LogP contribution in [-0.4, -0.2) is 17.1 Å². The molecular formula is C14H19N5OS. The van der Waals surface area contributed by atoms with E-state index in [1.54, 1.807) is 7.11 Å². The summed E-state index contributed by atoms with van der Waals surface area (Å²) < 4.78 is 5.10. The first-order valence-corrected chi connectivity index (χ1v) is 7.84. The molecule has 21 heavy (non-hydrogen) atoms. The normalized spacial score (nSPS) is 17.3. The summed E-state index contributed by atoms with van der Waals surface area (Å²) in [5.74, 6) is 7.43. The number of nitrogens with two attached hydrogens (primary N) is 1. The van der Waals surface area contributed by atoms with Crippen LogP contribution >= 0.6 is 11.3 Å². The molecule has 112 valence electrons. The summed E-state index contributed by atoms with van der Waals surface area (Å²) in [5.41, 5.74) is 3.96. The maximum atomic E-state index is 5.47. The number of anilines is 2. The van der Waals surface area contributed by atoms with Gasteiger partial charge in [0.2, 0.25) is 0 Å². The van der Waals surface area contributed by atoms with Crippen LogP contribution < -0.4 is 16.6 Å². The standard InChI is InChI=1S/C14H19N5OS/c1-20-8-14-17-12(7-13(18-14)19-15)16-10-3-2-4-11-9(10)5-6-21-11/h5-7,10H,2-4,8,15H2,1H3,(H2,16,17,18,19). The fourth-order valence-electron chi connectivity index (χ4n) is 2.65. The third kappa shape index (κ3) is 3.15. The smallest absolute Gasteiger partial charge is 0.158 e. The van der Waals surface area contributed by atoms with E-state index in [0.29, 0.717) is 24.3 Å². The molecule has 1 aliphatic rings. The van der Waals surface area contributed by atoms with Crippen molar-refractivity contribution in [3.05, 3.63) is 33.8 Å². The van der Waals surface area contributed by atoms with E-state index in [4.69, 9.17) is 10.6 Å². The molecule has 0 saturated carbocycles. The Balaban J connectivity index is 1.83. The van der Waals surface area contributed by atoms with E-state index in [0.717, 1.165) is 12.2 Å². The molecule has 0 bridgehead atoms. The largest absolute Gasteiger partial charge is 0.377 e. The Kier molecular flexibility index (Phi) is 4.33. The van der Waals surface area contributed by atoms with Crippen molar-refractivity contribution in [2.75, 3.05) is 17.9 Å². The summed E-state index contributed by atoms with van der Waals surface area (Å²) in [5, 5.41) is 5.66. The Labute approximate surface area is 127 Å². The van der Waals surface area contributed by atoms with Crippen LogP contribution in [0.1, 0.15) is 35.1 Å². The lowest BCUT2D eigenvalue weighted by Crippen LogP contribution is -2.18. The van der Waals surface area contributed by atoms with Crippen molar-refractivity contribution in [1.82, 2.24) is 9.97 Å². The monoisotopic (exact) mass is 305 g/mol. The number of hydrogen-bond acceptors (Lipinski definition) is 7. The second-order valence-corrected chi connectivity index (χ2v) is 6.02. The van der Waals surface area contributed by atoms with E-state index >= 15 is 0 Å². The van der Waals surface area contributed by atoms with Gasteiger partial charge in [0.05, 0.1) is 6.04 Å². The molecule has 1 unspecified atom stereocenters. The summed E-state index contributed by atoms with van der Waals surface area (Å²) in [6.45, 7) is 0.360. The third-order valence-electron chi connectivity index (χ3n) is 3.57. The van der Waals surface area contributed by atoms with E-state index < -0.39 is 0 Å². The lowest BCUT2D eigenvalue weighted by atomic mass is 9.94. The fourth-order valence-corrected chi connectivity index (χ4v) is 3.64. The zero-order valence-corrected chi connectivity index (χ0v) is 12.7. The summed E-state index contributed by atoms with van der Waals surface area (Å²) in [7, 11) is 1.62. The van der Waals surface area contributed by atoms with E-state index in [9.17, 15) is 0 Å². The summed E-state index contributed by atoms with van der Waals surface area (Å²) >= 11 is 1.83. The number of nitrogens with zero attached hydrogens (tertiary/aromatic N) is 2. The number of hydrazine groups is 1. The van der Waals surface area contributed by atoms with Gasteiger partial charge in [-0.05, 0) is 36.3 Å². The van der Waals surface area contributed by atoms with Crippen LogP contribution in [0.15, 0.2) is 17.5 Å². The number of aromatic nitrogens is 2. The highest BCUT2D eigenvalue weighted by Gasteiger charge is 2.21. The van der Waals surface area contributed by atoms with Gasteiger partial charge in [-0.2, -0.15) is 0 Å². The van der Waals surface area contributed by atoms with Gasteiger partial charge in [0, 0.05) is 18.1 Å². The number of nitrogens with one attached hydrogen (secondary N) is 2. The van der Waals surface area contributed by atoms with Crippen LogP contribution in [0.5, 0.6) is 0 Å². The number of methoxy groups -OCH3 is 1. The second-order valence-electron chi connectivity index (χ2n) is 5.02. The van der Waals surface area contributed by atoms with E-state index in [-0.39, 0.29) is 0 Å². The van der Waals surface area contributed by atoms with Gasteiger partial charge < -0.3 is 15.5 Å². The highest BCUT2D eigenvalue weighted by molar-refractivity contribution is 7.10. The van der Waals surface area contributed by atoms with Gasteiger partial charge in [0.1, 0.15) is 18.2 Å². The SMILES string of the molecule is COCc1nc(NN)cc(NC2CCCc3sccc32)n1. The molecular weight excluding hydrogens is 286 g/mol. The highest BCUT2D eigenvalue weighted by atomic mass is 32.1. The van der Waals surface area contributed by atoms with Crippen molar-refractivity contribution in [1.29, 1.82) is 0 Å². The second kappa shape index (κ2) is 6.38. The molecule has 3 rings (SSSR count). The minimum absolute atomic E-state index is 0.302. The van der Waals surface area contributed by atoms with Crippen LogP contribution in [0.25, 0.3) is 0 Å². The first-order chi connectivity index (χ1) is 10.3. The quantitative estimate of drug-likeness (QED) is 0.581. The van der Waals surface area contributed by atoms with Gasteiger partial charge in [-0.1, -0.05) is 0 Å². The van der Waals surface area contributed by atoms with Crippen LogP contribution in [0, 0.1) is 0 Å². The topological polar surface area (TPSA) is 85.1 Å². The van der Waals surface area contributed by atoms with Crippen molar-refractivity contribution in [2.45, 2.75) is 31.9 Å². The van der Waals surface area contributed by atoms with E-state index in [1.807, 2.05) is 17.4 Å². The molecule has 2 aromatic heterocycles. The van der Waals surface area contributed by atoms with Gasteiger partial charge in [-0.25, -0.2) is 15.8 Å². The maximum absolute atomic E-state index is 5.47. The molecule has 0 aliphatic heterocycles. The highest BCUT2D eigenvalue weighted by Crippen LogP contribution is 2.35. The van der Waals surface area contributed by atoms with Crippen LogP contribution in [0.2, 0.25) is 0 Å². The lowest BCUT2D eigenvalue weighted by molar-refractivity contribution is 0.178. The molecule has 0 radical (unpaired) electrons. The van der Waals surface area contributed by atoms with Crippen molar-refractivity contribution in [3.8, 4) is 0 Å². The Hall–Kier alpha value is -1.70. The minimum Gasteiger partial charge on any atom is -0.377 e. The van der Waals surface area contributed by atoms with Crippen molar-refractivity contribution in [2.24, 2.45) is 5.84 Å². The Morgan fingerprint density at radius 1 is 1.43 bits per heavy atom. The molecule has 1 aliphatic carbocycles. The number of aryl methyl sites for hydroxylation is 1. The summed E-state index contributed by atoms with van der Waals surface area (Å²) in [6.07, 6.45) is 3.49. The van der Waals surface area contributed by atoms with Crippen LogP contribution in [0.3, 0.4) is 0 Å². The van der Waals surface area contributed by atoms with E-state index in [2.05, 4.69) is 32.2 Å². The Morgan fingerprint density at radius 3 is 3.10 bits per heavy atom. The lowest BCUT2D eigenvalue weighted by Gasteiger charge is -2.24. The van der Waals surface area contributed by atoms with Crippen LogP contribution in [0.4, 0.5) is 11.6 Å². The van der Waals surface area contributed by atoms with Crippen molar-refractivity contribution in [3.63, 3.8) is 0 Å². The molecule has 6 nitrogen and oxygen atoms in total. The number of fused-ring (bicyclic) bond motifs is 1. The van der Waals surface area contributed by atoms with Crippen LogP contribution in [-0.2, 0) is 17.8 Å². The molecule has 0 saturated heterocycles. The minimum atomic E-state index is 0.302. The maximum Gasteiger partial charge on any atom is 0.158 e. The average Bonchev–Trinajstić information content (AvgIpc) is 2.97. The molecule has 7 heteroatoms. The molecule has 0 fully saturated rings. The molecule has 2 aromatic rings. The zero-order valence-electron chi connectivity index (χ0n) is 11.9. The molecule has 4 N–H and O–H groups in total. The predicted molar refractivity (Wildman–Crippen MR) is 84.2 cm³/mol. The van der Waals surface area contributed by atoms with Gasteiger partial charge in [0.15, 0.2) is 5.82 Å². The first kappa shape index (κ1) is 14.2. The molecule has 1 atom stereocenters. The van der Waals surface area contributed by atoms with Gasteiger partial charge in [-0.15, -0.1) is 11.3 Å². The average molecular weight is 305 g/mol. The fraction of sp³-hybridized carbons (Fsp3) is 0.429. The number of hydrogen-bond donors (Lipinski definition) is 3. The van der Waals surface area contributed by atoms with Gasteiger partial charge in [0.25, 0.3) is 0 Å². The summed E-state index contributed by atoms with van der Waals surface area (Å²) in [6, 6.07) is 4.33. The number of ether oxygens (including phenoxy) is 1. The van der Waals surface area contributed by atoms with Gasteiger partial charge in [-0.3, -0.25) is 0 Å². The van der Waals surface area contributed by atoms with Crippen molar-refractivity contribution >= 4 is 23.0 Å². The van der Waals surface area contributed by atoms with Crippen molar-refractivity contribution < 1.29 is 4.74 Å².